The molecule has 8 heavy (non-hydrogen) atoms. The van der Waals surface area contributed by atoms with Gasteiger partial charge in [-0.15, -0.1) is 0 Å². The maximum atomic E-state index is 10.3. The number of aliphatic imine (C=N–C) groups is 1. The van der Waals surface area contributed by atoms with Crippen molar-refractivity contribution in [2.45, 2.75) is 6.92 Å². The number of nitrogens with zero attached hydrogens (tertiary/aromatic N) is 1. The molecule has 0 saturated carbocycles. The number of carbonyl (C=O) groups is 1. The quantitative estimate of drug-likeness (QED) is 0.382. The van der Waals surface area contributed by atoms with Gasteiger partial charge in [-0.25, -0.2) is 4.79 Å². The summed E-state index contributed by atoms with van der Waals surface area (Å²) < 4.78 is 4.49. The fraction of sp³-hybridized carbons (Fsp3) is 0.600. The van der Waals surface area contributed by atoms with E-state index in [1.165, 1.54) is 7.05 Å². The van der Waals surface area contributed by atoms with Crippen LogP contribution in [-0.4, -0.2) is 25.8 Å². The molecule has 0 aromatic rings. The van der Waals surface area contributed by atoms with Crippen molar-refractivity contribution in [2.75, 3.05) is 13.7 Å². The summed E-state index contributed by atoms with van der Waals surface area (Å²) in [6.07, 6.45) is 1.14. The lowest BCUT2D eigenvalue weighted by molar-refractivity contribution is -0.134. The molecule has 0 bridgehead atoms. The first-order chi connectivity index (χ1) is 3.81. The smallest absolute Gasteiger partial charge is 0.348 e. The number of carbonyl (C=O) groups excluding carboxylic acids is 1. The molecule has 0 heterocycles. The first-order valence-electron chi connectivity index (χ1n) is 2.40. The maximum absolute atomic E-state index is 10.3. The van der Waals surface area contributed by atoms with Gasteiger partial charge in [-0.2, -0.15) is 0 Å². The minimum Gasteiger partial charge on any atom is -0.462 e. The summed E-state index contributed by atoms with van der Waals surface area (Å²) in [7, 11) is 1.52. The van der Waals surface area contributed by atoms with Crippen molar-refractivity contribution in [3.8, 4) is 0 Å². The minimum atomic E-state index is -0.380. The molecule has 0 radical (unpaired) electrons. The summed E-state index contributed by atoms with van der Waals surface area (Å²) in [5.74, 6) is -0.380. The number of ether oxygens (including phenoxy) is 1. The second-order valence-corrected chi connectivity index (χ2v) is 1.14. The van der Waals surface area contributed by atoms with E-state index in [-0.39, 0.29) is 5.97 Å². The van der Waals surface area contributed by atoms with E-state index in [9.17, 15) is 4.79 Å². The Morgan fingerprint density at radius 2 is 2.50 bits per heavy atom. The molecule has 0 atom stereocenters. The van der Waals surface area contributed by atoms with Crippen molar-refractivity contribution in [3.63, 3.8) is 0 Å². The third-order valence-electron chi connectivity index (χ3n) is 0.521. The Labute approximate surface area is 48.4 Å². The molecule has 46 valence electrons. The van der Waals surface area contributed by atoms with E-state index in [0.29, 0.717) is 6.61 Å². The first-order valence-corrected chi connectivity index (χ1v) is 2.40. The highest BCUT2D eigenvalue weighted by molar-refractivity contribution is 6.23. The van der Waals surface area contributed by atoms with Gasteiger partial charge in [0.25, 0.3) is 0 Å². The van der Waals surface area contributed by atoms with Crippen LogP contribution < -0.4 is 0 Å². The molecule has 3 heteroatoms. The Hall–Kier alpha value is -0.860. The number of esters is 1. The fourth-order valence-electron chi connectivity index (χ4n) is 0.285. The predicted molar refractivity (Wildman–Crippen MR) is 31.0 cm³/mol. The molecule has 3 nitrogen and oxygen atoms in total. The van der Waals surface area contributed by atoms with Crippen LogP contribution in [0.3, 0.4) is 0 Å². The third-order valence-corrected chi connectivity index (χ3v) is 0.521. The summed E-state index contributed by atoms with van der Waals surface area (Å²) in [6.45, 7) is 2.16. The van der Waals surface area contributed by atoms with E-state index >= 15 is 0 Å². The van der Waals surface area contributed by atoms with Crippen LogP contribution in [0.4, 0.5) is 0 Å². The van der Waals surface area contributed by atoms with E-state index < -0.39 is 0 Å². The van der Waals surface area contributed by atoms with Crippen LogP contribution in [0.5, 0.6) is 0 Å². The molecule has 0 spiro atoms. The Morgan fingerprint density at radius 3 is 2.88 bits per heavy atom. The van der Waals surface area contributed by atoms with Crippen LogP contribution in [0.15, 0.2) is 4.99 Å². The van der Waals surface area contributed by atoms with Crippen LogP contribution in [0, 0.1) is 0 Å². The van der Waals surface area contributed by atoms with Gasteiger partial charge in [-0.1, -0.05) is 0 Å². The zero-order chi connectivity index (χ0) is 6.41. The van der Waals surface area contributed by atoms with Gasteiger partial charge in [0.05, 0.1) is 6.61 Å². The zero-order valence-electron chi connectivity index (χ0n) is 5.05. The molecule has 0 rings (SSSR count). The Kier molecular flexibility index (Phi) is 3.84. The number of hydrogen-bond acceptors (Lipinski definition) is 3. The predicted octanol–water partition coefficient (Wildman–Crippen LogP) is 0.250. The highest BCUT2D eigenvalue weighted by Gasteiger charge is 1.90. The highest BCUT2D eigenvalue weighted by Crippen LogP contribution is 1.70. The maximum Gasteiger partial charge on any atom is 0.348 e. The van der Waals surface area contributed by atoms with Crippen LogP contribution in [0.1, 0.15) is 6.92 Å². The van der Waals surface area contributed by atoms with Crippen molar-refractivity contribution in [1.82, 2.24) is 0 Å². The van der Waals surface area contributed by atoms with Crippen molar-refractivity contribution in [2.24, 2.45) is 4.99 Å². The normalized spacial score (nSPS) is 9.75. The minimum absolute atomic E-state index is 0.380. The fourth-order valence-corrected chi connectivity index (χ4v) is 0.285. The van der Waals surface area contributed by atoms with E-state index in [0.717, 1.165) is 6.21 Å². The van der Waals surface area contributed by atoms with Crippen molar-refractivity contribution < 1.29 is 9.53 Å². The Bertz CT molecular complexity index is 98.6. The van der Waals surface area contributed by atoms with E-state index in [2.05, 4.69) is 9.73 Å². The molecule has 0 aromatic heterocycles. The molecular formula is C5H9NO2. The van der Waals surface area contributed by atoms with Gasteiger partial charge in [0.1, 0.15) is 6.21 Å². The van der Waals surface area contributed by atoms with Crippen LogP contribution in [0.2, 0.25) is 0 Å². The molecule has 0 fully saturated rings. The SMILES string of the molecule is CCOC(=O)/C=N/C. The molecule has 0 aliphatic rings. The molecular weight excluding hydrogens is 106 g/mol. The van der Waals surface area contributed by atoms with Gasteiger partial charge in [0, 0.05) is 7.05 Å². The molecule has 0 aliphatic heterocycles. The van der Waals surface area contributed by atoms with Crippen LogP contribution in [0.25, 0.3) is 0 Å². The van der Waals surface area contributed by atoms with Gasteiger partial charge in [0.2, 0.25) is 0 Å². The lowest BCUT2D eigenvalue weighted by Gasteiger charge is -1.91. The summed E-state index contributed by atoms with van der Waals surface area (Å²) >= 11 is 0. The third kappa shape index (κ3) is 3.33. The van der Waals surface area contributed by atoms with Crippen LogP contribution in [-0.2, 0) is 9.53 Å². The van der Waals surface area contributed by atoms with Gasteiger partial charge in [-0.05, 0) is 6.92 Å². The first kappa shape index (κ1) is 7.14. The van der Waals surface area contributed by atoms with Crippen LogP contribution >= 0.6 is 0 Å². The van der Waals surface area contributed by atoms with Crippen molar-refractivity contribution >= 4 is 12.2 Å². The zero-order valence-corrected chi connectivity index (χ0v) is 5.05. The average Bonchev–Trinajstić information content (AvgIpc) is 1.68. The summed E-state index contributed by atoms with van der Waals surface area (Å²) in [5, 5.41) is 0. The Morgan fingerprint density at radius 1 is 1.88 bits per heavy atom. The molecule has 0 aromatic carbocycles. The van der Waals surface area contributed by atoms with Crippen molar-refractivity contribution in [1.29, 1.82) is 0 Å². The Balaban J connectivity index is 3.33. The standard InChI is InChI=1S/C5H9NO2/c1-3-8-5(7)4-6-2/h4H,3H2,1-2H3/b6-4+. The van der Waals surface area contributed by atoms with E-state index in [1.54, 1.807) is 6.92 Å². The monoisotopic (exact) mass is 115 g/mol. The van der Waals surface area contributed by atoms with Gasteiger partial charge < -0.3 is 4.74 Å². The van der Waals surface area contributed by atoms with E-state index in [4.69, 9.17) is 0 Å². The molecule has 0 N–H and O–H groups in total. The van der Waals surface area contributed by atoms with E-state index in [1.807, 2.05) is 0 Å². The number of rotatable bonds is 2. The van der Waals surface area contributed by atoms with Crippen molar-refractivity contribution in [3.05, 3.63) is 0 Å². The molecule has 0 amide bonds. The molecule has 0 saturated heterocycles. The molecule has 0 unspecified atom stereocenters. The summed E-state index contributed by atoms with van der Waals surface area (Å²) in [5.41, 5.74) is 0. The lowest BCUT2D eigenvalue weighted by Crippen LogP contribution is -2.03. The average molecular weight is 115 g/mol. The second kappa shape index (κ2) is 4.30. The lowest BCUT2D eigenvalue weighted by atomic mass is 10.7. The summed E-state index contributed by atoms with van der Waals surface area (Å²) in [4.78, 5) is 13.7. The highest BCUT2D eigenvalue weighted by atomic mass is 16.5. The topological polar surface area (TPSA) is 38.7 Å². The summed E-state index contributed by atoms with van der Waals surface area (Å²) in [6, 6.07) is 0. The van der Waals surface area contributed by atoms with Gasteiger partial charge in [-0.3, -0.25) is 4.99 Å². The van der Waals surface area contributed by atoms with Gasteiger partial charge >= 0.3 is 5.97 Å². The van der Waals surface area contributed by atoms with Gasteiger partial charge in [0.15, 0.2) is 0 Å². The number of hydrogen-bond donors (Lipinski definition) is 0. The molecule has 0 aliphatic carbocycles. The second-order valence-electron chi connectivity index (χ2n) is 1.14. The largest absolute Gasteiger partial charge is 0.462 e.